The van der Waals surface area contributed by atoms with Gasteiger partial charge in [0.15, 0.2) is 0 Å². The van der Waals surface area contributed by atoms with E-state index in [2.05, 4.69) is 15.0 Å². The minimum absolute atomic E-state index is 0.0324. The molecule has 0 fully saturated rings. The molecule has 0 amide bonds. The van der Waals surface area contributed by atoms with Crippen molar-refractivity contribution in [2.45, 2.75) is 119 Å². The van der Waals surface area contributed by atoms with Crippen LogP contribution in [-0.2, 0) is 28.4 Å². The molecule has 0 aliphatic carbocycles. The van der Waals surface area contributed by atoms with Gasteiger partial charge in [-0.1, -0.05) is 80.1 Å². The van der Waals surface area contributed by atoms with Crippen LogP contribution in [0.25, 0.3) is 0 Å². The van der Waals surface area contributed by atoms with Gasteiger partial charge in [-0.05, 0) is 93.1 Å². The first kappa shape index (κ1) is 54.5. The van der Waals surface area contributed by atoms with Crippen LogP contribution in [0.5, 0.6) is 35.3 Å². The molecule has 0 unspecified atom stereocenters. The Morgan fingerprint density at radius 3 is 0.638 bits per heavy atom. The first-order valence-electron chi connectivity index (χ1n) is 23.7. The average Bonchev–Trinajstić information content (AvgIpc) is 3.33. The van der Waals surface area contributed by atoms with E-state index in [-0.39, 0.29) is 90.3 Å². The largest absolute Gasteiger partial charge is 0.462 e. The lowest BCUT2D eigenvalue weighted by Crippen LogP contribution is -2.12. The van der Waals surface area contributed by atoms with E-state index in [0.717, 1.165) is 38.5 Å². The van der Waals surface area contributed by atoms with Gasteiger partial charge in [-0.2, -0.15) is 0 Å². The van der Waals surface area contributed by atoms with Crippen molar-refractivity contribution in [2.24, 2.45) is 0 Å². The molecule has 3 aromatic carbocycles. The molecule has 0 aliphatic rings. The van der Waals surface area contributed by atoms with Crippen LogP contribution in [0, 0.1) is 0 Å². The molecule has 1 aromatic heterocycles. The number of nitrogens with zero attached hydrogens (tertiary/aromatic N) is 3. The van der Waals surface area contributed by atoms with E-state index >= 15 is 0 Å². The van der Waals surface area contributed by atoms with Gasteiger partial charge in [0.1, 0.15) is 17.2 Å². The lowest BCUT2D eigenvalue weighted by atomic mass is 10.1. The Morgan fingerprint density at radius 2 is 0.478 bits per heavy atom. The SMILES string of the molecule is CCCCOC(=O)c1cc(Oc2nc(Oc3cc(C(=O)OCCCC)cc(C(=O)OCCCC)c3)nc(Oc3cc(C(=O)OCCCC)cc(C(=O)OCCCC)c3)n2)cc(C(=O)OCCCC)c1. The second-order valence-corrected chi connectivity index (χ2v) is 15.7. The fourth-order valence-corrected chi connectivity index (χ4v) is 5.81. The molecule has 0 saturated heterocycles. The lowest BCUT2D eigenvalue weighted by molar-refractivity contribution is 0.0479. The monoisotopic (exact) mass is 957 g/mol. The van der Waals surface area contributed by atoms with Crippen LogP contribution in [-0.4, -0.2) is 90.4 Å². The predicted molar refractivity (Wildman–Crippen MR) is 251 cm³/mol. The first-order chi connectivity index (χ1) is 33.4. The standard InChI is InChI=1S/C51H63N3O15/c1-7-13-19-61-43(55)34-25-35(44(56)62-20-14-8-2)29-40(28-34)67-49-52-50(68-41-30-36(45(57)63-21-15-9-3)26-37(31-41)46(58)64-22-16-10-4)54-51(53-49)69-42-32-38(47(59)65-23-17-11-5)27-39(33-42)48(60)66-24-18-12-6/h25-33H,7-24H2,1-6H3. The molecule has 1 heterocycles. The number of hydrogen-bond acceptors (Lipinski definition) is 18. The quantitative estimate of drug-likeness (QED) is 0.0269. The maximum Gasteiger partial charge on any atom is 0.338 e. The highest BCUT2D eigenvalue weighted by atomic mass is 16.6. The number of ether oxygens (including phenoxy) is 9. The topological polar surface area (TPSA) is 224 Å². The van der Waals surface area contributed by atoms with E-state index < -0.39 is 53.8 Å². The van der Waals surface area contributed by atoms with Crippen molar-refractivity contribution in [3.8, 4) is 35.3 Å². The maximum atomic E-state index is 13.2. The summed E-state index contributed by atoms with van der Waals surface area (Å²) in [4.78, 5) is 92.3. The van der Waals surface area contributed by atoms with E-state index in [9.17, 15) is 28.8 Å². The van der Waals surface area contributed by atoms with Gasteiger partial charge in [0.05, 0.1) is 73.0 Å². The third-order valence-electron chi connectivity index (χ3n) is 9.72. The van der Waals surface area contributed by atoms with Crippen LogP contribution in [0.2, 0.25) is 0 Å². The molecule has 0 N–H and O–H groups in total. The predicted octanol–water partition coefficient (Wildman–Crippen LogP) is 11.0. The molecule has 18 heteroatoms. The molecule has 0 atom stereocenters. The van der Waals surface area contributed by atoms with Crippen LogP contribution in [0.4, 0.5) is 0 Å². The summed E-state index contributed by atoms with van der Waals surface area (Å²) in [6, 6.07) is 10.4. The van der Waals surface area contributed by atoms with Crippen LogP contribution in [0.3, 0.4) is 0 Å². The lowest BCUT2D eigenvalue weighted by Gasteiger charge is -2.13. The fourth-order valence-electron chi connectivity index (χ4n) is 5.81. The van der Waals surface area contributed by atoms with Crippen LogP contribution in [0.15, 0.2) is 54.6 Å². The number of hydrogen-bond donors (Lipinski definition) is 0. The van der Waals surface area contributed by atoms with Crippen molar-refractivity contribution in [1.29, 1.82) is 0 Å². The van der Waals surface area contributed by atoms with Crippen molar-refractivity contribution < 1.29 is 71.4 Å². The zero-order valence-corrected chi connectivity index (χ0v) is 40.4. The minimum Gasteiger partial charge on any atom is -0.462 e. The molecule has 18 nitrogen and oxygen atoms in total. The Labute approximate surface area is 402 Å². The number of aromatic nitrogens is 3. The second-order valence-electron chi connectivity index (χ2n) is 15.7. The summed E-state index contributed by atoms with van der Waals surface area (Å²) in [5.74, 6) is -4.67. The Bertz CT molecular complexity index is 1960. The van der Waals surface area contributed by atoms with Gasteiger partial charge >= 0.3 is 53.8 Å². The van der Waals surface area contributed by atoms with Crippen LogP contribution in [0.1, 0.15) is 181 Å². The van der Waals surface area contributed by atoms with E-state index in [1.165, 1.54) is 54.6 Å². The summed E-state index contributed by atoms with van der Waals surface area (Å²) in [7, 11) is 0. The van der Waals surface area contributed by atoms with E-state index in [4.69, 9.17) is 42.6 Å². The summed E-state index contributed by atoms with van der Waals surface area (Å²) >= 11 is 0. The van der Waals surface area contributed by atoms with E-state index in [1.807, 2.05) is 41.5 Å². The van der Waals surface area contributed by atoms with E-state index in [0.29, 0.717) is 38.5 Å². The third-order valence-corrected chi connectivity index (χ3v) is 9.72. The summed E-state index contributed by atoms with van der Waals surface area (Å²) in [6.07, 6.45) is 8.30. The number of carbonyl (C=O) groups is 6. The molecule has 0 bridgehead atoms. The molecule has 4 aromatic rings. The molecular formula is C51H63N3O15. The molecule has 372 valence electrons. The Kier molecular flexibility index (Phi) is 23.4. The van der Waals surface area contributed by atoms with Crippen molar-refractivity contribution >= 4 is 35.8 Å². The second kappa shape index (κ2) is 29.6. The highest BCUT2D eigenvalue weighted by Gasteiger charge is 2.23. The molecular weight excluding hydrogens is 895 g/mol. The minimum atomic E-state index is -0.727. The maximum absolute atomic E-state index is 13.2. The van der Waals surface area contributed by atoms with Crippen molar-refractivity contribution in [2.75, 3.05) is 39.6 Å². The van der Waals surface area contributed by atoms with Gasteiger partial charge in [-0.25, -0.2) is 28.8 Å². The number of rotatable bonds is 30. The molecule has 0 aliphatic heterocycles. The van der Waals surface area contributed by atoms with Crippen LogP contribution >= 0.6 is 0 Å². The number of benzene rings is 3. The van der Waals surface area contributed by atoms with Crippen LogP contribution < -0.4 is 14.2 Å². The van der Waals surface area contributed by atoms with E-state index in [1.54, 1.807) is 0 Å². The third kappa shape index (κ3) is 18.5. The average molecular weight is 958 g/mol. The highest BCUT2D eigenvalue weighted by molar-refractivity contribution is 5.98. The summed E-state index contributed by atoms with van der Waals surface area (Å²) < 4.78 is 50.9. The molecule has 69 heavy (non-hydrogen) atoms. The molecule has 0 spiro atoms. The Hall–Kier alpha value is -7.11. The van der Waals surface area contributed by atoms with Gasteiger partial charge < -0.3 is 42.6 Å². The highest BCUT2D eigenvalue weighted by Crippen LogP contribution is 2.31. The zero-order chi connectivity index (χ0) is 50.0. The number of unbranched alkanes of at least 4 members (excludes halogenated alkanes) is 6. The fraction of sp³-hybridized carbons (Fsp3) is 0.471. The molecule has 4 rings (SSSR count). The van der Waals surface area contributed by atoms with Gasteiger partial charge in [0.2, 0.25) is 0 Å². The summed E-state index contributed by atoms with van der Waals surface area (Å²) in [5, 5.41) is 0. The first-order valence-corrected chi connectivity index (χ1v) is 23.7. The van der Waals surface area contributed by atoms with Crippen molar-refractivity contribution in [3.05, 3.63) is 88.0 Å². The van der Waals surface area contributed by atoms with Crippen molar-refractivity contribution in [3.63, 3.8) is 0 Å². The Balaban J connectivity index is 1.87. The number of carbonyl (C=O) groups excluding carboxylic acids is 6. The normalized spacial score (nSPS) is 10.7. The zero-order valence-electron chi connectivity index (χ0n) is 40.4. The van der Waals surface area contributed by atoms with Crippen molar-refractivity contribution in [1.82, 2.24) is 15.0 Å². The smallest absolute Gasteiger partial charge is 0.338 e. The van der Waals surface area contributed by atoms with Gasteiger partial charge in [-0.15, -0.1) is 15.0 Å². The van der Waals surface area contributed by atoms with Gasteiger partial charge in [-0.3, -0.25) is 0 Å². The molecule has 0 radical (unpaired) electrons. The summed E-state index contributed by atoms with van der Waals surface area (Å²) in [6.45, 7) is 12.5. The summed E-state index contributed by atoms with van der Waals surface area (Å²) in [5.41, 5.74) is -0.194. The molecule has 0 saturated carbocycles. The number of esters is 6. The Morgan fingerprint density at radius 1 is 0.304 bits per heavy atom. The van der Waals surface area contributed by atoms with Gasteiger partial charge in [0.25, 0.3) is 0 Å². The van der Waals surface area contributed by atoms with Gasteiger partial charge in [0, 0.05) is 0 Å².